The molecule has 0 aliphatic heterocycles. The number of aryl methyl sites for hydroxylation is 1. The number of hydrogen-bond donors (Lipinski definition) is 0. The van der Waals surface area contributed by atoms with Gasteiger partial charge in [0.1, 0.15) is 5.41 Å². The first-order chi connectivity index (χ1) is 27.3. The maximum absolute atomic E-state index is 3.84. The highest BCUT2D eigenvalue weighted by molar-refractivity contribution is 5.90. The lowest BCUT2D eigenvalue weighted by molar-refractivity contribution is 0.715. The van der Waals surface area contributed by atoms with Crippen molar-refractivity contribution >= 4 is 17.1 Å². The van der Waals surface area contributed by atoms with Crippen molar-refractivity contribution in [1.29, 1.82) is 0 Å². The summed E-state index contributed by atoms with van der Waals surface area (Å²) in [6.45, 7) is 0. The molecule has 8 aromatic rings. The Kier molecular flexibility index (Phi) is 9.39. The van der Waals surface area contributed by atoms with Crippen molar-refractivity contribution in [2.24, 2.45) is 0 Å². The fourth-order valence-electron chi connectivity index (χ4n) is 8.35. The zero-order valence-corrected chi connectivity index (χ0v) is 30.7. The monoisotopic (exact) mass is 703 g/mol. The van der Waals surface area contributed by atoms with Crippen LogP contribution in [0.2, 0.25) is 0 Å². The normalized spacial score (nSPS) is 14.5. The number of anilines is 3. The number of hydrogen-bond acceptors (Lipinski definition) is 1. The van der Waals surface area contributed by atoms with Crippen LogP contribution in [-0.4, -0.2) is 0 Å². The fraction of sp³-hybridized carbons (Fsp3) is 0.0741. The molecule has 0 radical (unpaired) electrons. The molecule has 1 aliphatic rings. The maximum Gasteiger partial charge on any atom is 0.108 e. The summed E-state index contributed by atoms with van der Waals surface area (Å²) in [5, 5.41) is 0. The molecule has 0 aromatic heterocycles. The van der Waals surface area contributed by atoms with Crippen molar-refractivity contribution in [3.8, 4) is 23.0 Å². The predicted molar refractivity (Wildman–Crippen MR) is 229 cm³/mol. The van der Waals surface area contributed by atoms with E-state index in [1.54, 1.807) is 0 Å². The lowest BCUT2D eigenvalue weighted by Crippen LogP contribution is -2.25. The Balaban J connectivity index is 1.15. The molecule has 2 atom stereocenters. The molecule has 0 amide bonds. The molecule has 0 saturated heterocycles. The lowest BCUT2D eigenvalue weighted by Gasteiger charge is -2.29. The van der Waals surface area contributed by atoms with Gasteiger partial charge in [-0.3, -0.25) is 0 Å². The SMILES string of the molecule is C(#CC1(c2ccccc2)c2ccccc2-c2cc(N(c3ccccc3)c3ccc(C(CCc4ccccc4)c4ccccc4)cc3)ccc21)c1ccccc1. The van der Waals surface area contributed by atoms with E-state index in [1.807, 2.05) is 6.07 Å². The summed E-state index contributed by atoms with van der Waals surface area (Å²) < 4.78 is 0. The van der Waals surface area contributed by atoms with E-state index in [2.05, 4.69) is 229 Å². The molecule has 1 nitrogen and oxygen atoms in total. The van der Waals surface area contributed by atoms with Crippen molar-refractivity contribution < 1.29 is 0 Å². The Morgan fingerprint density at radius 3 is 1.67 bits per heavy atom. The van der Waals surface area contributed by atoms with E-state index in [4.69, 9.17) is 0 Å². The van der Waals surface area contributed by atoms with Crippen LogP contribution in [0.5, 0.6) is 0 Å². The van der Waals surface area contributed by atoms with Gasteiger partial charge in [0.2, 0.25) is 0 Å². The van der Waals surface area contributed by atoms with Crippen LogP contribution >= 0.6 is 0 Å². The highest BCUT2D eigenvalue weighted by Gasteiger charge is 2.44. The van der Waals surface area contributed by atoms with Gasteiger partial charge in [0, 0.05) is 28.5 Å². The summed E-state index contributed by atoms with van der Waals surface area (Å²) in [6.07, 6.45) is 2.06. The average molecular weight is 704 g/mol. The standard InChI is InChI=1S/C54H41N/c1-6-18-41(19-7-1)30-36-49(43-22-10-3-11-23-43)44-31-33-47(34-32-44)55(46-26-14-5-15-27-46)48-35-37-53-51(40-48)50-28-16-17-29-52(50)54(53,45-24-12-4-13-25-45)39-38-42-20-8-2-9-21-42/h1-29,31-35,37,40,49H,30,36H2. The van der Waals surface area contributed by atoms with Gasteiger partial charge in [-0.15, -0.1) is 0 Å². The van der Waals surface area contributed by atoms with Gasteiger partial charge in [-0.1, -0.05) is 182 Å². The van der Waals surface area contributed by atoms with Gasteiger partial charge in [0.15, 0.2) is 0 Å². The van der Waals surface area contributed by atoms with E-state index in [9.17, 15) is 0 Å². The zero-order chi connectivity index (χ0) is 36.9. The van der Waals surface area contributed by atoms with Crippen LogP contribution in [-0.2, 0) is 11.8 Å². The molecule has 8 aromatic carbocycles. The Labute approximate surface area is 325 Å². The lowest BCUT2D eigenvalue weighted by atomic mass is 9.73. The summed E-state index contributed by atoms with van der Waals surface area (Å²) in [4.78, 5) is 2.38. The number of benzene rings is 8. The second-order valence-electron chi connectivity index (χ2n) is 14.3. The molecule has 0 fully saturated rings. The van der Waals surface area contributed by atoms with Crippen LogP contribution in [0, 0.1) is 11.8 Å². The van der Waals surface area contributed by atoms with Gasteiger partial charge in [-0.05, 0) is 106 Å². The third-order valence-electron chi connectivity index (χ3n) is 11.0. The second kappa shape index (κ2) is 15.2. The minimum atomic E-state index is -0.618. The van der Waals surface area contributed by atoms with E-state index in [-0.39, 0.29) is 0 Å². The molecule has 0 bridgehead atoms. The highest BCUT2D eigenvalue weighted by atomic mass is 15.1. The van der Waals surface area contributed by atoms with Crippen molar-refractivity contribution in [3.05, 3.63) is 257 Å². The van der Waals surface area contributed by atoms with E-state index in [0.717, 1.165) is 35.5 Å². The van der Waals surface area contributed by atoms with Crippen LogP contribution < -0.4 is 4.90 Å². The van der Waals surface area contributed by atoms with Crippen LogP contribution in [0.1, 0.15) is 51.3 Å². The number of rotatable bonds is 9. The van der Waals surface area contributed by atoms with Gasteiger partial charge in [0.25, 0.3) is 0 Å². The molecule has 9 rings (SSSR count). The molecule has 2 unspecified atom stereocenters. The molecule has 0 N–H and O–H groups in total. The Morgan fingerprint density at radius 1 is 0.436 bits per heavy atom. The van der Waals surface area contributed by atoms with Crippen LogP contribution in [0.25, 0.3) is 11.1 Å². The van der Waals surface area contributed by atoms with Crippen molar-refractivity contribution in [3.63, 3.8) is 0 Å². The Morgan fingerprint density at radius 2 is 0.964 bits per heavy atom. The number of nitrogens with zero attached hydrogens (tertiary/aromatic N) is 1. The smallest absolute Gasteiger partial charge is 0.108 e. The minimum Gasteiger partial charge on any atom is -0.310 e. The minimum absolute atomic E-state index is 0.292. The zero-order valence-electron chi connectivity index (χ0n) is 30.7. The van der Waals surface area contributed by atoms with Crippen LogP contribution in [0.3, 0.4) is 0 Å². The molecule has 0 saturated carbocycles. The summed E-state index contributed by atoms with van der Waals surface area (Å²) in [7, 11) is 0. The summed E-state index contributed by atoms with van der Waals surface area (Å²) in [6, 6.07) is 78.6. The second-order valence-corrected chi connectivity index (χ2v) is 14.3. The summed E-state index contributed by atoms with van der Waals surface area (Å²) >= 11 is 0. The van der Waals surface area contributed by atoms with Gasteiger partial charge in [-0.25, -0.2) is 0 Å². The largest absolute Gasteiger partial charge is 0.310 e. The highest BCUT2D eigenvalue weighted by Crippen LogP contribution is 2.54. The first-order valence-electron chi connectivity index (χ1n) is 19.2. The van der Waals surface area contributed by atoms with E-state index < -0.39 is 5.41 Å². The third-order valence-corrected chi connectivity index (χ3v) is 11.0. The number of fused-ring (bicyclic) bond motifs is 3. The summed E-state index contributed by atoms with van der Waals surface area (Å²) in [5.74, 6) is 7.71. The van der Waals surface area contributed by atoms with Gasteiger partial charge in [0.05, 0.1) is 0 Å². The molecular weight excluding hydrogens is 663 g/mol. The molecule has 1 heteroatoms. The average Bonchev–Trinajstić information content (AvgIpc) is 3.55. The van der Waals surface area contributed by atoms with Crippen LogP contribution in [0.4, 0.5) is 17.1 Å². The Bertz CT molecular complexity index is 2570. The third kappa shape index (κ3) is 6.65. The summed E-state index contributed by atoms with van der Waals surface area (Å²) in [5.41, 5.74) is 13.8. The molecular formula is C54H41N. The van der Waals surface area contributed by atoms with Crippen molar-refractivity contribution in [2.75, 3.05) is 4.90 Å². The molecule has 0 spiro atoms. The van der Waals surface area contributed by atoms with Gasteiger partial charge >= 0.3 is 0 Å². The predicted octanol–water partition coefficient (Wildman–Crippen LogP) is 13.3. The maximum atomic E-state index is 3.84. The quantitative estimate of drug-likeness (QED) is 0.135. The first-order valence-corrected chi connectivity index (χ1v) is 19.2. The van der Waals surface area contributed by atoms with Crippen LogP contribution in [0.15, 0.2) is 218 Å². The molecule has 262 valence electrons. The fourth-order valence-corrected chi connectivity index (χ4v) is 8.35. The van der Waals surface area contributed by atoms with E-state index >= 15 is 0 Å². The Hall–Kier alpha value is -6.88. The number of para-hydroxylation sites is 1. The van der Waals surface area contributed by atoms with Gasteiger partial charge in [-0.2, -0.15) is 0 Å². The molecule has 1 aliphatic carbocycles. The van der Waals surface area contributed by atoms with Crippen molar-refractivity contribution in [2.45, 2.75) is 24.2 Å². The van der Waals surface area contributed by atoms with E-state index in [1.165, 1.54) is 44.5 Å². The van der Waals surface area contributed by atoms with Gasteiger partial charge < -0.3 is 4.90 Å². The molecule has 0 heterocycles. The van der Waals surface area contributed by atoms with E-state index in [0.29, 0.717) is 5.92 Å². The molecule has 55 heavy (non-hydrogen) atoms. The first kappa shape index (κ1) is 33.9. The van der Waals surface area contributed by atoms with Crippen molar-refractivity contribution in [1.82, 2.24) is 0 Å². The topological polar surface area (TPSA) is 3.24 Å².